The number of nitrogens with one attached hydrogen (secondary N) is 1. The van der Waals surface area contributed by atoms with E-state index in [2.05, 4.69) is 14.7 Å². The Morgan fingerprint density at radius 2 is 2.07 bits per heavy atom. The van der Waals surface area contributed by atoms with Gasteiger partial charge in [-0.3, -0.25) is 4.72 Å². The number of aromatic nitrogens is 2. The predicted molar refractivity (Wildman–Crippen MR) is 59.0 cm³/mol. The Morgan fingerprint density at radius 3 is 2.64 bits per heavy atom. The monoisotopic (exact) mass is 253 g/mol. The van der Waals surface area contributed by atoms with Crippen molar-refractivity contribution in [3.05, 3.63) is 16.5 Å². The third-order valence-corrected chi connectivity index (χ3v) is 3.36. The van der Waals surface area contributed by atoms with Gasteiger partial charge in [0.05, 0.1) is 0 Å². The molecule has 0 saturated carbocycles. The molecule has 0 aromatic carbocycles. The fraction of sp³-hybridized carbons (Fsp3) is 0.429. The van der Waals surface area contributed by atoms with Crippen molar-refractivity contribution in [3.63, 3.8) is 0 Å². The van der Waals surface area contributed by atoms with Crippen molar-refractivity contribution in [2.75, 3.05) is 4.72 Å². The Balaban J connectivity index is 2.87. The average Bonchev–Trinajstić information content (AvgIpc) is 2.12. The predicted octanol–water partition coefficient (Wildman–Crippen LogP) is 2.27. The summed E-state index contributed by atoms with van der Waals surface area (Å²) >= 11 is 11.4. The fourth-order valence-electron chi connectivity index (χ4n) is 0.633. The number of hydrogen-bond donors (Lipinski definition) is 1. The SMILES string of the molecule is CC(C)S(=O)Nc1ncnc(Cl)c1Cl. The van der Waals surface area contributed by atoms with E-state index in [9.17, 15) is 4.21 Å². The third-order valence-electron chi connectivity index (χ3n) is 1.37. The van der Waals surface area contributed by atoms with Gasteiger partial charge in [-0.05, 0) is 13.8 Å². The first kappa shape index (κ1) is 11.7. The van der Waals surface area contributed by atoms with Crippen molar-refractivity contribution in [1.29, 1.82) is 0 Å². The molecule has 7 heteroatoms. The molecule has 1 rings (SSSR count). The summed E-state index contributed by atoms with van der Waals surface area (Å²) in [5.41, 5.74) is 0. The zero-order valence-corrected chi connectivity index (χ0v) is 9.95. The van der Waals surface area contributed by atoms with Gasteiger partial charge in [-0.25, -0.2) is 14.2 Å². The highest BCUT2D eigenvalue weighted by Gasteiger charge is 2.11. The Morgan fingerprint density at radius 1 is 1.43 bits per heavy atom. The quantitative estimate of drug-likeness (QED) is 0.842. The molecule has 0 radical (unpaired) electrons. The molecular weight excluding hydrogens is 245 g/mol. The number of rotatable bonds is 3. The summed E-state index contributed by atoms with van der Waals surface area (Å²) < 4.78 is 14.1. The molecule has 1 unspecified atom stereocenters. The first-order valence-corrected chi connectivity index (χ1v) is 5.82. The van der Waals surface area contributed by atoms with Crippen molar-refractivity contribution >= 4 is 40.0 Å². The van der Waals surface area contributed by atoms with Crippen LogP contribution in [0.15, 0.2) is 6.33 Å². The lowest BCUT2D eigenvalue weighted by Crippen LogP contribution is -2.15. The molecule has 0 aliphatic rings. The summed E-state index contributed by atoms with van der Waals surface area (Å²) in [6.45, 7) is 3.64. The maximum absolute atomic E-state index is 11.4. The van der Waals surface area contributed by atoms with E-state index in [4.69, 9.17) is 23.2 Å². The first-order chi connectivity index (χ1) is 6.52. The molecule has 0 fully saturated rings. The minimum Gasteiger partial charge on any atom is -0.288 e. The lowest BCUT2D eigenvalue weighted by atomic mass is 10.6. The smallest absolute Gasteiger partial charge is 0.161 e. The van der Waals surface area contributed by atoms with Crippen molar-refractivity contribution in [2.45, 2.75) is 19.1 Å². The van der Waals surface area contributed by atoms with Crippen molar-refractivity contribution in [3.8, 4) is 0 Å². The van der Waals surface area contributed by atoms with Crippen molar-refractivity contribution in [1.82, 2.24) is 9.97 Å². The molecule has 0 saturated heterocycles. The number of halogens is 2. The molecule has 1 aromatic heterocycles. The Hall–Kier alpha value is -0.390. The van der Waals surface area contributed by atoms with Crippen LogP contribution in [0.3, 0.4) is 0 Å². The number of anilines is 1. The van der Waals surface area contributed by atoms with Crippen LogP contribution in [0, 0.1) is 0 Å². The van der Waals surface area contributed by atoms with Crippen molar-refractivity contribution < 1.29 is 4.21 Å². The fourth-order valence-corrected chi connectivity index (χ4v) is 1.55. The zero-order chi connectivity index (χ0) is 10.7. The normalized spacial score (nSPS) is 12.9. The van der Waals surface area contributed by atoms with E-state index in [0.29, 0.717) is 5.82 Å². The van der Waals surface area contributed by atoms with E-state index in [0.717, 1.165) is 0 Å². The first-order valence-electron chi connectivity index (χ1n) is 3.85. The van der Waals surface area contributed by atoms with Crippen LogP contribution >= 0.6 is 23.2 Å². The van der Waals surface area contributed by atoms with Gasteiger partial charge >= 0.3 is 0 Å². The molecule has 0 amide bonds. The molecule has 1 atom stereocenters. The second-order valence-corrected chi connectivity index (χ2v) is 5.25. The van der Waals surface area contributed by atoms with Crippen LogP contribution in [0.5, 0.6) is 0 Å². The van der Waals surface area contributed by atoms with Crippen LogP contribution in [0.4, 0.5) is 5.82 Å². The number of hydrogen-bond acceptors (Lipinski definition) is 3. The van der Waals surface area contributed by atoms with Gasteiger partial charge in [-0.1, -0.05) is 23.2 Å². The molecule has 0 aliphatic heterocycles. The third kappa shape index (κ3) is 2.80. The molecule has 1 N–H and O–H groups in total. The molecular formula is C7H9Cl2N3OS. The highest BCUT2D eigenvalue weighted by Crippen LogP contribution is 2.25. The van der Waals surface area contributed by atoms with Crippen LogP contribution in [0.2, 0.25) is 10.2 Å². The summed E-state index contributed by atoms with van der Waals surface area (Å²) in [4.78, 5) is 7.50. The summed E-state index contributed by atoms with van der Waals surface area (Å²) in [6.07, 6.45) is 1.26. The van der Waals surface area contributed by atoms with E-state index in [-0.39, 0.29) is 15.4 Å². The minimum absolute atomic E-state index is 0.0280. The Kier molecular flexibility index (Phi) is 4.10. The second kappa shape index (κ2) is 4.91. The van der Waals surface area contributed by atoms with E-state index in [1.807, 2.05) is 13.8 Å². The van der Waals surface area contributed by atoms with Crippen LogP contribution in [-0.2, 0) is 11.0 Å². The van der Waals surface area contributed by atoms with Gasteiger partial charge in [-0.2, -0.15) is 0 Å². The molecule has 78 valence electrons. The summed E-state index contributed by atoms with van der Waals surface area (Å²) in [5, 5.41) is 0.299. The van der Waals surface area contributed by atoms with Gasteiger partial charge in [0.15, 0.2) is 11.0 Å². The standard InChI is InChI=1S/C7H9Cl2N3OS/c1-4(2)14(13)12-7-5(8)6(9)10-3-11-7/h3-4H,1-2H3,(H,10,11,12). The van der Waals surface area contributed by atoms with Gasteiger partial charge in [0.1, 0.15) is 22.3 Å². The van der Waals surface area contributed by atoms with Crippen molar-refractivity contribution in [2.24, 2.45) is 0 Å². The maximum atomic E-state index is 11.4. The van der Waals surface area contributed by atoms with Crippen LogP contribution in [0.1, 0.15) is 13.8 Å². The maximum Gasteiger partial charge on any atom is 0.161 e. The summed E-state index contributed by atoms with van der Waals surface area (Å²) in [6, 6.07) is 0. The molecule has 0 spiro atoms. The second-order valence-electron chi connectivity index (χ2n) is 2.78. The summed E-state index contributed by atoms with van der Waals surface area (Å²) in [5.74, 6) is 0.290. The van der Waals surface area contributed by atoms with Gasteiger partial charge in [0, 0.05) is 5.25 Å². The molecule has 1 heterocycles. The highest BCUT2D eigenvalue weighted by molar-refractivity contribution is 7.86. The summed E-state index contributed by atoms with van der Waals surface area (Å²) in [7, 11) is -1.22. The van der Waals surface area contributed by atoms with Gasteiger partial charge in [0.2, 0.25) is 0 Å². The van der Waals surface area contributed by atoms with Crippen LogP contribution < -0.4 is 4.72 Å². The molecule has 4 nitrogen and oxygen atoms in total. The van der Waals surface area contributed by atoms with E-state index < -0.39 is 11.0 Å². The minimum atomic E-state index is -1.22. The Bertz CT molecular complexity index is 359. The van der Waals surface area contributed by atoms with Crippen LogP contribution in [0.25, 0.3) is 0 Å². The van der Waals surface area contributed by atoms with Gasteiger partial charge < -0.3 is 0 Å². The van der Waals surface area contributed by atoms with E-state index in [1.54, 1.807) is 0 Å². The molecule has 1 aromatic rings. The molecule has 14 heavy (non-hydrogen) atoms. The largest absolute Gasteiger partial charge is 0.288 e. The van der Waals surface area contributed by atoms with E-state index >= 15 is 0 Å². The highest BCUT2D eigenvalue weighted by atomic mass is 35.5. The number of nitrogens with zero attached hydrogens (tertiary/aromatic N) is 2. The van der Waals surface area contributed by atoms with Gasteiger partial charge in [0.25, 0.3) is 0 Å². The van der Waals surface area contributed by atoms with Crippen LogP contribution in [-0.4, -0.2) is 19.4 Å². The topological polar surface area (TPSA) is 54.9 Å². The zero-order valence-electron chi connectivity index (χ0n) is 7.62. The van der Waals surface area contributed by atoms with Gasteiger partial charge in [-0.15, -0.1) is 0 Å². The molecule has 0 aliphatic carbocycles. The average molecular weight is 254 g/mol. The molecule has 0 bridgehead atoms. The lowest BCUT2D eigenvalue weighted by Gasteiger charge is -2.08. The Labute approximate surface area is 94.6 Å². The lowest BCUT2D eigenvalue weighted by molar-refractivity contribution is 0.680. The van der Waals surface area contributed by atoms with E-state index in [1.165, 1.54) is 6.33 Å².